The largest absolute Gasteiger partial charge is 0.317 e. The van der Waals surface area contributed by atoms with Gasteiger partial charge in [0.05, 0.1) is 0 Å². The third kappa shape index (κ3) is 1.83. The lowest BCUT2D eigenvalue weighted by Gasteiger charge is -2.24. The van der Waals surface area contributed by atoms with Gasteiger partial charge in [-0.2, -0.15) is 0 Å². The van der Waals surface area contributed by atoms with E-state index in [1.165, 1.54) is 18.2 Å². The Morgan fingerprint density at radius 1 is 1.31 bits per heavy atom. The molecule has 1 aromatic carbocycles. The Morgan fingerprint density at radius 3 is 2.31 bits per heavy atom. The first-order chi connectivity index (χ1) is 5.96. The van der Waals surface area contributed by atoms with Crippen LogP contribution in [0, 0.1) is 5.82 Å². The second-order valence-electron chi connectivity index (χ2n) is 3.06. The topological polar surface area (TPSA) is 26.0 Å². The molecule has 0 aliphatic rings. The number of hydrogen-bond acceptors (Lipinski definition) is 1. The van der Waals surface area contributed by atoms with Crippen LogP contribution in [-0.4, -0.2) is 6.43 Å². The molecule has 0 heterocycles. The highest BCUT2D eigenvalue weighted by atomic mass is 19.3. The molecule has 2 N–H and O–H groups in total. The minimum atomic E-state index is -2.79. The van der Waals surface area contributed by atoms with Gasteiger partial charge in [-0.05, 0) is 13.0 Å². The van der Waals surface area contributed by atoms with Crippen LogP contribution in [0.5, 0.6) is 0 Å². The van der Waals surface area contributed by atoms with E-state index in [9.17, 15) is 13.2 Å². The quantitative estimate of drug-likeness (QED) is 0.758. The molecular formula is C9H10F3N. The van der Waals surface area contributed by atoms with E-state index in [4.69, 9.17) is 5.73 Å². The minimum Gasteiger partial charge on any atom is -0.317 e. The number of benzene rings is 1. The molecule has 0 bridgehead atoms. The van der Waals surface area contributed by atoms with Crippen LogP contribution < -0.4 is 5.73 Å². The number of hydrogen-bond donors (Lipinski definition) is 1. The van der Waals surface area contributed by atoms with E-state index in [0.29, 0.717) is 0 Å². The molecule has 0 saturated heterocycles. The third-order valence-corrected chi connectivity index (χ3v) is 1.91. The molecule has 4 heteroatoms. The van der Waals surface area contributed by atoms with Crippen LogP contribution in [0.2, 0.25) is 0 Å². The number of halogens is 3. The van der Waals surface area contributed by atoms with Crippen molar-refractivity contribution in [1.29, 1.82) is 0 Å². The summed E-state index contributed by atoms with van der Waals surface area (Å²) in [6.45, 7) is 1.11. The highest BCUT2D eigenvalue weighted by Crippen LogP contribution is 2.26. The fourth-order valence-corrected chi connectivity index (χ4v) is 1.02. The Kier molecular flexibility index (Phi) is 2.61. The molecule has 1 aromatic rings. The van der Waals surface area contributed by atoms with E-state index in [1.54, 1.807) is 0 Å². The van der Waals surface area contributed by atoms with Gasteiger partial charge in [-0.3, -0.25) is 0 Å². The zero-order chi connectivity index (χ0) is 10.1. The fraction of sp³-hybridized carbons (Fsp3) is 0.333. The molecule has 0 aliphatic carbocycles. The van der Waals surface area contributed by atoms with E-state index in [-0.39, 0.29) is 5.56 Å². The average Bonchev–Trinajstić information content (AvgIpc) is 2.04. The van der Waals surface area contributed by atoms with E-state index < -0.39 is 17.8 Å². The van der Waals surface area contributed by atoms with Gasteiger partial charge < -0.3 is 5.73 Å². The van der Waals surface area contributed by atoms with Gasteiger partial charge in [0.2, 0.25) is 0 Å². The standard InChI is InChI=1S/C9H10F3N/c1-9(13,8(11)12)6-4-2-3-5-7(6)10/h2-5,8H,13H2,1H3. The first-order valence-corrected chi connectivity index (χ1v) is 3.78. The molecule has 72 valence electrons. The Bertz CT molecular complexity index is 297. The Balaban J connectivity index is 3.14. The molecular weight excluding hydrogens is 179 g/mol. The monoisotopic (exact) mass is 189 g/mol. The van der Waals surface area contributed by atoms with Crippen molar-refractivity contribution >= 4 is 0 Å². The molecule has 1 unspecified atom stereocenters. The lowest BCUT2D eigenvalue weighted by molar-refractivity contribution is 0.0605. The van der Waals surface area contributed by atoms with E-state index >= 15 is 0 Å². The van der Waals surface area contributed by atoms with Crippen molar-refractivity contribution in [3.63, 3.8) is 0 Å². The predicted molar refractivity (Wildman–Crippen MR) is 43.9 cm³/mol. The van der Waals surface area contributed by atoms with Crippen LogP contribution >= 0.6 is 0 Å². The van der Waals surface area contributed by atoms with Crippen LogP contribution in [-0.2, 0) is 5.54 Å². The third-order valence-electron chi connectivity index (χ3n) is 1.91. The van der Waals surface area contributed by atoms with Crippen LogP contribution in [0.25, 0.3) is 0 Å². The van der Waals surface area contributed by atoms with Crippen LogP contribution in [0.4, 0.5) is 13.2 Å². The summed E-state index contributed by atoms with van der Waals surface area (Å²) in [6, 6.07) is 5.29. The zero-order valence-corrected chi connectivity index (χ0v) is 7.10. The Morgan fingerprint density at radius 2 is 1.85 bits per heavy atom. The first-order valence-electron chi connectivity index (χ1n) is 3.78. The SMILES string of the molecule is CC(N)(c1ccccc1F)C(F)F. The maximum Gasteiger partial charge on any atom is 0.260 e. The van der Waals surface area contributed by atoms with Crippen LogP contribution in [0.1, 0.15) is 12.5 Å². The second kappa shape index (κ2) is 3.38. The normalized spacial score (nSPS) is 15.8. The van der Waals surface area contributed by atoms with Crippen LogP contribution in [0.15, 0.2) is 24.3 Å². The number of nitrogens with two attached hydrogens (primary N) is 1. The molecule has 0 aromatic heterocycles. The van der Waals surface area contributed by atoms with Gasteiger partial charge in [0, 0.05) is 5.56 Å². The number of rotatable bonds is 2. The summed E-state index contributed by atoms with van der Waals surface area (Å²) in [4.78, 5) is 0. The van der Waals surface area contributed by atoms with Crippen molar-refractivity contribution < 1.29 is 13.2 Å². The maximum absolute atomic E-state index is 13.0. The van der Waals surface area contributed by atoms with Gasteiger partial charge in [0.25, 0.3) is 6.43 Å². The Hall–Kier alpha value is -1.03. The van der Waals surface area contributed by atoms with E-state index in [2.05, 4.69) is 0 Å². The van der Waals surface area contributed by atoms with Gasteiger partial charge >= 0.3 is 0 Å². The van der Waals surface area contributed by atoms with Gasteiger partial charge in [-0.1, -0.05) is 18.2 Å². The predicted octanol–water partition coefficient (Wildman–Crippen LogP) is 2.26. The molecule has 1 rings (SSSR count). The second-order valence-corrected chi connectivity index (χ2v) is 3.06. The molecule has 0 amide bonds. The lowest BCUT2D eigenvalue weighted by Crippen LogP contribution is -2.41. The first kappa shape index (κ1) is 10.1. The summed E-state index contributed by atoms with van der Waals surface area (Å²) in [5.41, 5.74) is 3.20. The molecule has 0 aliphatic heterocycles. The number of alkyl halides is 2. The van der Waals surface area contributed by atoms with E-state index in [1.807, 2.05) is 0 Å². The highest BCUT2D eigenvalue weighted by molar-refractivity contribution is 5.25. The highest BCUT2D eigenvalue weighted by Gasteiger charge is 2.34. The van der Waals surface area contributed by atoms with Crippen molar-refractivity contribution in [3.05, 3.63) is 35.6 Å². The van der Waals surface area contributed by atoms with Crippen molar-refractivity contribution in [2.45, 2.75) is 18.9 Å². The van der Waals surface area contributed by atoms with Gasteiger partial charge in [-0.15, -0.1) is 0 Å². The molecule has 0 fully saturated rings. The van der Waals surface area contributed by atoms with Crippen molar-refractivity contribution in [2.24, 2.45) is 5.73 Å². The summed E-state index contributed by atoms with van der Waals surface area (Å²) in [5, 5.41) is 0. The summed E-state index contributed by atoms with van der Waals surface area (Å²) in [6.07, 6.45) is -2.79. The minimum absolute atomic E-state index is 0.162. The van der Waals surface area contributed by atoms with Crippen LogP contribution in [0.3, 0.4) is 0 Å². The molecule has 0 spiro atoms. The van der Waals surface area contributed by atoms with Crippen molar-refractivity contribution in [1.82, 2.24) is 0 Å². The van der Waals surface area contributed by atoms with E-state index in [0.717, 1.165) is 13.0 Å². The Labute approximate surface area is 74.4 Å². The van der Waals surface area contributed by atoms with Gasteiger partial charge in [0.15, 0.2) is 0 Å². The maximum atomic E-state index is 13.0. The summed E-state index contributed by atoms with van der Waals surface area (Å²) >= 11 is 0. The summed E-state index contributed by atoms with van der Waals surface area (Å²) in [5.74, 6) is -0.701. The average molecular weight is 189 g/mol. The molecule has 0 radical (unpaired) electrons. The fourth-order valence-electron chi connectivity index (χ4n) is 1.02. The molecule has 1 atom stereocenters. The molecule has 1 nitrogen and oxygen atoms in total. The molecule has 13 heavy (non-hydrogen) atoms. The van der Waals surface area contributed by atoms with Crippen molar-refractivity contribution in [2.75, 3.05) is 0 Å². The van der Waals surface area contributed by atoms with Gasteiger partial charge in [-0.25, -0.2) is 13.2 Å². The lowest BCUT2D eigenvalue weighted by atomic mass is 9.93. The van der Waals surface area contributed by atoms with Gasteiger partial charge in [0.1, 0.15) is 11.4 Å². The smallest absolute Gasteiger partial charge is 0.260 e. The molecule has 0 saturated carbocycles. The summed E-state index contributed by atoms with van der Waals surface area (Å²) in [7, 11) is 0. The zero-order valence-electron chi connectivity index (χ0n) is 7.10. The summed E-state index contributed by atoms with van der Waals surface area (Å²) < 4.78 is 37.8. The van der Waals surface area contributed by atoms with Crippen molar-refractivity contribution in [3.8, 4) is 0 Å².